The lowest BCUT2D eigenvalue weighted by molar-refractivity contribution is 0.0778. The van der Waals surface area contributed by atoms with Gasteiger partial charge in [-0.15, -0.1) is 0 Å². The van der Waals surface area contributed by atoms with E-state index in [2.05, 4.69) is 26.3 Å². The predicted molar refractivity (Wildman–Crippen MR) is 93.9 cm³/mol. The first-order valence-corrected chi connectivity index (χ1v) is 8.64. The van der Waals surface area contributed by atoms with Crippen molar-refractivity contribution in [3.05, 3.63) is 46.2 Å². The van der Waals surface area contributed by atoms with Gasteiger partial charge in [0, 0.05) is 19.2 Å². The second kappa shape index (κ2) is 6.84. The molecule has 1 amide bonds. The van der Waals surface area contributed by atoms with Crippen molar-refractivity contribution in [1.29, 1.82) is 0 Å². The number of hydrogen-bond acceptors (Lipinski definition) is 3. The Morgan fingerprint density at radius 3 is 2.83 bits per heavy atom. The van der Waals surface area contributed by atoms with Gasteiger partial charge >= 0.3 is 0 Å². The lowest BCUT2D eigenvalue weighted by Gasteiger charge is -2.17. The van der Waals surface area contributed by atoms with Gasteiger partial charge in [-0.3, -0.25) is 4.79 Å². The van der Waals surface area contributed by atoms with Crippen molar-refractivity contribution in [2.45, 2.75) is 13.3 Å². The Hall–Kier alpha value is -1.66. The van der Waals surface area contributed by atoms with Crippen molar-refractivity contribution in [3.8, 4) is 5.69 Å². The van der Waals surface area contributed by atoms with E-state index in [1.807, 2.05) is 43.1 Å². The minimum Gasteiger partial charge on any atom is -0.337 e. The highest BCUT2D eigenvalue weighted by Crippen LogP contribution is 2.22. The SMILES string of the molecule is CNC[C@H]1CCN(C(=O)c2cc(Br)nn2-c2ccc(C)cc2)C1. The zero-order valence-corrected chi connectivity index (χ0v) is 15.0. The van der Waals surface area contributed by atoms with E-state index in [0.717, 1.165) is 31.7 Å². The van der Waals surface area contributed by atoms with Gasteiger partial charge in [-0.05, 0) is 60.9 Å². The first-order chi connectivity index (χ1) is 11.1. The molecule has 1 aliphatic heterocycles. The van der Waals surface area contributed by atoms with Crippen LogP contribution in [0.4, 0.5) is 0 Å². The first kappa shape index (κ1) is 16.2. The molecule has 0 aliphatic carbocycles. The third-order valence-corrected chi connectivity index (χ3v) is 4.63. The quantitative estimate of drug-likeness (QED) is 0.891. The van der Waals surface area contributed by atoms with Crippen molar-refractivity contribution in [1.82, 2.24) is 20.0 Å². The number of aryl methyl sites for hydroxylation is 1. The zero-order chi connectivity index (χ0) is 16.4. The fourth-order valence-corrected chi connectivity index (χ4v) is 3.40. The van der Waals surface area contributed by atoms with Crippen LogP contribution < -0.4 is 5.32 Å². The van der Waals surface area contributed by atoms with Crippen LogP contribution in [0.5, 0.6) is 0 Å². The summed E-state index contributed by atoms with van der Waals surface area (Å²) in [6.07, 6.45) is 1.05. The molecule has 5 nitrogen and oxygen atoms in total. The van der Waals surface area contributed by atoms with Crippen LogP contribution in [0.15, 0.2) is 34.9 Å². The second-order valence-corrected chi connectivity index (χ2v) is 6.88. The zero-order valence-electron chi connectivity index (χ0n) is 13.4. The van der Waals surface area contributed by atoms with Crippen LogP contribution in [0.25, 0.3) is 5.69 Å². The molecule has 23 heavy (non-hydrogen) atoms. The molecule has 0 spiro atoms. The molecule has 1 fully saturated rings. The van der Waals surface area contributed by atoms with E-state index in [1.165, 1.54) is 5.56 Å². The van der Waals surface area contributed by atoms with Crippen LogP contribution in [0.2, 0.25) is 0 Å². The molecule has 1 aromatic heterocycles. The highest BCUT2D eigenvalue weighted by atomic mass is 79.9. The van der Waals surface area contributed by atoms with Crippen molar-refractivity contribution in [3.63, 3.8) is 0 Å². The highest BCUT2D eigenvalue weighted by Gasteiger charge is 2.29. The number of carbonyl (C=O) groups is 1. The Labute approximate surface area is 144 Å². The van der Waals surface area contributed by atoms with Crippen molar-refractivity contribution < 1.29 is 4.79 Å². The van der Waals surface area contributed by atoms with Gasteiger partial charge in [-0.2, -0.15) is 5.10 Å². The molecule has 3 rings (SSSR count). The van der Waals surface area contributed by atoms with E-state index in [-0.39, 0.29) is 5.91 Å². The van der Waals surface area contributed by atoms with Crippen LogP contribution in [-0.4, -0.2) is 47.3 Å². The molecule has 0 radical (unpaired) electrons. The summed E-state index contributed by atoms with van der Waals surface area (Å²) in [5.41, 5.74) is 2.68. The fourth-order valence-electron chi connectivity index (χ4n) is 3.02. The van der Waals surface area contributed by atoms with Gasteiger partial charge in [-0.1, -0.05) is 17.7 Å². The largest absolute Gasteiger partial charge is 0.337 e. The Bertz CT molecular complexity index is 695. The number of halogens is 1. The topological polar surface area (TPSA) is 50.2 Å². The van der Waals surface area contributed by atoms with E-state index in [0.29, 0.717) is 16.2 Å². The van der Waals surface area contributed by atoms with Crippen LogP contribution in [0, 0.1) is 12.8 Å². The molecule has 0 unspecified atom stereocenters. The number of likely N-dealkylation sites (tertiary alicyclic amines) is 1. The van der Waals surface area contributed by atoms with E-state index in [9.17, 15) is 4.79 Å². The monoisotopic (exact) mass is 376 g/mol. The van der Waals surface area contributed by atoms with Crippen LogP contribution in [-0.2, 0) is 0 Å². The van der Waals surface area contributed by atoms with Gasteiger partial charge in [-0.25, -0.2) is 4.68 Å². The van der Waals surface area contributed by atoms with Crippen LogP contribution in [0.3, 0.4) is 0 Å². The summed E-state index contributed by atoms with van der Waals surface area (Å²) < 4.78 is 2.39. The molecule has 1 aliphatic rings. The molecule has 1 atom stereocenters. The molecule has 6 heteroatoms. The van der Waals surface area contributed by atoms with Crippen LogP contribution in [0.1, 0.15) is 22.5 Å². The Morgan fingerprint density at radius 2 is 2.13 bits per heavy atom. The van der Waals surface area contributed by atoms with Gasteiger partial charge in [0.05, 0.1) is 5.69 Å². The maximum absolute atomic E-state index is 12.9. The molecular weight excluding hydrogens is 356 g/mol. The first-order valence-electron chi connectivity index (χ1n) is 7.85. The van der Waals surface area contributed by atoms with Crippen molar-refractivity contribution in [2.75, 3.05) is 26.7 Å². The Kier molecular flexibility index (Phi) is 4.82. The highest BCUT2D eigenvalue weighted by molar-refractivity contribution is 9.10. The van der Waals surface area contributed by atoms with Gasteiger partial charge in [0.1, 0.15) is 10.3 Å². The third kappa shape index (κ3) is 3.48. The molecule has 1 saturated heterocycles. The van der Waals surface area contributed by atoms with Gasteiger partial charge < -0.3 is 10.2 Å². The Balaban J connectivity index is 1.85. The van der Waals surface area contributed by atoms with E-state index in [1.54, 1.807) is 10.7 Å². The lowest BCUT2D eigenvalue weighted by atomic mass is 10.1. The Morgan fingerprint density at radius 1 is 1.39 bits per heavy atom. The normalized spacial score (nSPS) is 17.7. The smallest absolute Gasteiger partial charge is 0.272 e. The molecule has 2 heterocycles. The summed E-state index contributed by atoms with van der Waals surface area (Å²) in [7, 11) is 1.95. The number of carbonyl (C=O) groups excluding carboxylic acids is 1. The average Bonchev–Trinajstić information content (AvgIpc) is 3.15. The number of benzene rings is 1. The number of amides is 1. The van der Waals surface area contributed by atoms with Gasteiger partial charge in [0.25, 0.3) is 5.91 Å². The fraction of sp³-hybridized carbons (Fsp3) is 0.412. The minimum absolute atomic E-state index is 0.0439. The van der Waals surface area contributed by atoms with Gasteiger partial charge in [0.2, 0.25) is 0 Å². The molecule has 1 aromatic carbocycles. The van der Waals surface area contributed by atoms with Crippen molar-refractivity contribution in [2.24, 2.45) is 5.92 Å². The molecular formula is C17H21BrN4O. The minimum atomic E-state index is 0.0439. The number of nitrogens with one attached hydrogen (secondary N) is 1. The van der Waals surface area contributed by atoms with E-state index < -0.39 is 0 Å². The maximum Gasteiger partial charge on any atom is 0.272 e. The van der Waals surface area contributed by atoms with Crippen LogP contribution >= 0.6 is 15.9 Å². The second-order valence-electron chi connectivity index (χ2n) is 6.06. The molecule has 1 N–H and O–H groups in total. The summed E-state index contributed by atoms with van der Waals surface area (Å²) in [5, 5.41) is 7.62. The summed E-state index contributed by atoms with van der Waals surface area (Å²) >= 11 is 3.40. The summed E-state index contributed by atoms with van der Waals surface area (Å²) in [4.78, 5) is 14.8. The number of nitrogens with zero attached hydrogens (tertiary/aromatic N) is 3. The average molecular weight is 377 g/mol. The molecule has 122 valence electrons. The summed E-state index contributed by atoms with van der Waals surface area (Å²) in [5.74, 6) is 0.575. The summed E-state index contributed by atoms with van der Waals surface area (Å²) in [6, 6.07) is 9.82. The summed E-state index contributed by atoms with van der Waals surface area (Å²) in [6.45, 7) is 4.60. The molecule has 2 aromatic rings. The van der Waals surface area contributed by atoms with Gasteiger partial charge in [0.15, 0.2) is 0 Å². The number of hydrogen-bond donors (Lipinski definition) is 1. The van der Waals surface area contributed by atoms with E-state index >= 15 is 0 Å². The maximum atomic E-state index is 12.9. The third-order valence-electron chi connectivity index (χ3n) is 4.24. The lowest BCUT2D eigenvalue weighted by Crippen LogP contribution is -2.31. The number of rotatable bonds is 4. The number of aromatic nitrogens is 2. The predicted octanol–water partition coefficient (Wildman–Crippen LogP) is 2.62. The molecule has 0 saturated carbocycles. The molecule has 0 bridgehead atoms. The van der Waals surface area contributed by atoms with Crippen molar-refractivity contribution >= 4 is 21.8 Å². The van der Waals surface area contributed by atoms with E-state index in [4.69, 9.17) is 0 Å². The standard InChI is InChI=1S/C17H21BrN4O/c1-12-3-5-14(6-4-12)22-15(9-16(18)20-22)17(23)21-8-7-13(11-21)10-19-2/h3-6,9,13,19H,7-8,10-11H2,1-2H3/t13-/m1/s1.